The van der Waals surface area contributed by atoms with E-state index in [9.17, 15) is 4.79 Å². The maximum Gasteiger partial charge on any atom is 0.260 e. The van der Waals surface area contributed by atoms with Crippen molar-refractivity contribution in [3.05, 3.63) is 24.3 Å². The fourth-order valence-electron chi connectivity index (χ4n) is 2.69. The molecule has 2 rings (SSSR count). The predicted octanol–water partition coefficient (Wildman–Crippen LogP) is 3.16. The van der Waals surface area contributed by atoms with E-state index < -0.39 is 6.10 Å². The number of benzene rings is 1. The SMILES string of the molecule is COc1ccc(O[C@H](C)C(=O)NCC2CCCCC2)cc1. The van der Waals surface area contributed by atoms with Crippen LogP contribution in [0.4, 0.5) is 0 Å². The quantitative estimate of drug-likeness (QED) is 0.876. The van der Waals surface area contributed by atoms with Crippen LogP contribution in [0.25, 0.3) is 0 Å². The minimum Gasteiger partial charge on any atom is -0.497 e. The van der Waals surface area contributed by atoms with Crippen molar-refractivity contribution >= 4 is 5.91 Å². The molecular formula is C17H25NO3. The minimum atomic E-state index is -0.484. The number of hydrogen-bond donors (Lipinski definition) is 1. The van der Waals surface area contributed by atoms with E-state index >= 15 is 0 Å². The van der Waals surface area contributed by atoms with Gasteiger partial charge in [0, 0.05) is 6.54 Å². The van der Waals surface area contributed by atoms with E-state index in [-0.39, 0.29) is 5.91 Å². The molecule has 0 radical (unpaired) electrons. The van der Waals surface area contributed by atoms with Crippen LogP contribution < -0.4 is 14.8 Å². The summed E-state index contributed by atoms with van der Waals surface area (Å²) in [6.07, 6.45) is 5.89. The monoisotopic (exact) mass is 291 g/mol. The fourth-order valence-corrected chi connectivity index (χ4v) is 2.69. The molecule has 116 valence electrons. The average molecular weight is 291 g/mol. The van der Waals surface area contributed by atoms with E-state index in [1.165, 1.54) is 32.1 Å². The number of amides is 1. The molecule has 21 heavy (non-hydrogen) atoms. The van der Waals surface area contributed by atoms with Crippen LogP contribution >= 0.6 is 0 Å². The zero-order valence-corrected chi connectivity index (χ0v) is 12.9. The first-order chi connectivity index (χ1) is 10.2. The average Bonchev–Trinajstić information content (AvgIpc) is 2.54. The molecule has 0 aromatic heterocycles. The Hall–Kier alpha value is -1.71. The van der Waals surface area contributed by atoms with E-state index in [1.54, 1.807) is 14.0 Å². The summed E-state index contributed by atoms with van der Waals surface area (Å²) in [6.45, 7) is 2.55. The summed E-state index contributed by atoms with van der Waals surface area (Å²) in [4.78, 5) is 12.1. The van der Waals surface area contributed by atoms with Crippen molar-refractivity contribution in [1.29, 1.82) is 0 Å². The predicted molar refractivity (Wildman–Crippen MR) is 82.7 cm³/mol. The third-order valence-electron chi connectivity index (χ3n) is 4.03. The van der Waals surface area contributed by atoms with E-state index in [0.29, 0.717) is 11.7 Å². The molecule has 0 unspecified atom stereocenters. The molecule has 1 saturated carbocycles. The van der Waals surface area contributed by atoms with Gasteiger partial charge in [-0.05, 0) is 49.9 Å². The van der Waals surface area contributed by atoms with Gasteiger partial charge in [-0.1, -0.05) is 19.3 Å². The molecule has 1 amide bonds. The molecule has 1 aliphatic rings. The van der Waals surface area contributed by atoms with Gasteiger partial charge in [-0.25, -0.2) is 0 Å². The van der Waals surface area contributed by atoms with Crippen molar-refractivity contribution in [2.45, 2.75) is 45.1 Å². The second-order valence-corrected chi connectivity index (χ2v) is 5.68. The third-order valence-corrected chi connectivity index (χ3v) is 4.03. The van der Waals surface area contributed by atoms with Crippen molar-refractivity contribution in [2.24, 2.45) is 5.92 Å². The van der Waals surface area contributed by atoms with Gasteiger partial charge >= 0.3 is 0 Å². The maximum absolute atomic E-state index is 12.1. The molecule has 4 heteroatoms. The second-order valence-electron chi connectivity index (χ2n) is 5.68. The number of nitrogens with one attached hydrogen (secondary N) is 1. The van der Waals surface area contributed by atoms with Crippen LogP contribution in [0.3, 0.4) is 0 Å². The molecular weight excluding hydrogens is 266 g/mol. The maximum atomic E-state index is 12.1. The normalized spacial score (nSPS) is 17.0. The minimum absolute atomic E-state index is 0.0450. The Morgan fingerprint density at radius 2 is 1.81 bits per heavy atom. The Kier molecular flexibility index (Phi) is 5.90. The number of carbonyl (C=O) groups is 1. The summed E-state index contributed by atoms with van der Waals surface area (Å²) in [5.74, 6) is 2.04. The van der Waals surface area contributed by atoms with Crippen LogP contribution in [0.15, 0.2) is 24.3 Å². The molecule has 1 N–H and O–H groups in total. The molecule has 0 saturated heterocycles. The van der Waals surface area contributed by atoms with Crippen LogP contribution in [0.5, 0.6) is 11.5 Å². The van der Waals surface area contributed by atoms with Crippen molar-refractivity contribution in [3.8, 4) is 11.5 Å². The van der Waals surface area contributed by atoms with Gasteiger partial charge < -0.3 is 14.8 Å². The molecule has 0 heterocycles. The molecule has 1 atom stereocenters. The number of ether oxygens (including phenoxy) is 2. The van der Waals surface area contributed by atoms with Crippen LogP contribution in [0.1, 0.15) is 39.0 Å². The summed E-state index contributed by atoms with van der Waals surface area (Å²) >= 11 is 0. The summed E-state index contributed by atoms with van der Waals surface area (Å²) in [5, 5.41) is 3.01. The molecule has 1 aromatic carbocycles. The number of carbonyl (C=O) groups excluding carboxylic acids is 1. The van der Waals surface area contributed by atoms with Gasteiger partial charge in [0.15, 0.2) is 6.10 Å². The first kappa shape index (κ1) is 15.7. The first-order valence-corrected chi connectivity index (χ1v) is 7.77. The van der Waals surface area contributed by atoms with Crippen LogP contribution in [0.2, 0.25) is 0 Å². The number of methoxy groups -OCH3 is 1. The Bertz CT molecular complexity index is 438. The zero-order chi connectivity index (χ0) is 15.1. The number of rotatable bonds is 6. The second kappa shape index (κ2) is 7.91. The zero-order valence-electron chi connectivity index (χ0n) is 12.9. The Morgan fingerprint density at radius 3 is 2.43 bits per heavy atom. The molecule has 1 fully saturated rings. The van der Waals surface area contributed by atoms with Crippen molar-refractivity contribution < 1.29 is 14.3 Å². The third kappa shape index (κ3) is 4.96. The highest BCUT2D eigenvalue weighted by atomic mass is 16.5. The van der Waals surface area contributed by atoms with Gasteiger partial charge in [-0.3, -0.25) is 4.79 Å². The topological polar surface area (TPSA) is 47.6 Å². The van der Waals surface area contributed by atoms with Crippen molar-refractivity contribution in [3.63, 3.8) is 0 Å². The highest BCUT2D eigenvalue weighted by Gasteiger charge is 2.18. The van der Waals surface area contributed by atoms with Gasteiger partial charge in [0.2, 0.25) is 0 Å². The lowest BCUT2D eigenvalue weighted by atomic mass is 9.89. The Labute approximate surface area is 126 Å². The largest absolute Gasteiger partial charge is 0.497 e. The molecule has 4 nitrogen and oxygen atoms in total. The summed E-state index contributed by atoms with van der Waals surface area (Å²) in [5.41, 5.74) is 0. The molecule has 0 aliphatic heterocycles. The summed E-state index contributed by atoms with van der Waals surface area (Å²) in [6, 6.07) is 7.26. The molecule has 1 aliphatic carbocycles. The molecule has 0 spiro atoms. The lowest BCUT2D eigenvalue weighted by Crippen LogP contribution is -2.39. The Morgan fingerprint density at radius 1 is 1.19 bits per heavy atom. The smallest absolute Gasteiger partial charge is 0.260 e. The van der Waals surface area contributed by atoms with E-state index in [2.05, 4.69) is 5.32 Å². The lowest BCUT2D eigenvalue weighted by Gasteiger charge is -2.23. The molecule has 0 bridgehead atoms. The van der Waals surface area contributed by atoms with Crippen molar-refractivity contribution in [1.82, 2.24) is 5.32 Å². The van der Waals surface area contributed by atoms with E-state index in [1.807, 2.05) is 24.3 Å². The van der Waals surface area contributed by atoms with Crippen molar-refractivity contribution in [2.75, 3.05) is 13.7 Å². The summed E-state index contributed by atoms with van der Waals surface area (Å²) < 4.78 is 10.7. The number of hydrogen-bond acceptors (Lipinski definition) is 3. The highest BCUT2D eigenvalue weighted by Crippen LogP contribution is 2.23. The van der Waals surface area contributed by atoms with E-state index in [4.69, 9.17) is 9.47 Å². The van der Waals surface area contributed by atoms with Gasteiger partial charge in [0.25, 0.3) is 5.91 Å². The van der Waals surface area contributed by atoms with Gasteiger partial charge in [0.1, 0.15) is 11.5 Å². The lowest BCUT2D eigenvalue weighted by molar-refractivity contribution is -0.127. The van der Waals surface area contributed by atoms with Gasteiger partial charge in [-0.2, -0.15) is 0 Å². The van der Waals surface area contributed by atoms with Gasteiger partial charge in [0.05, 0.1) is 7.11 Å². The summed E-state index contributed by atoms with van der Waals surface area (Å²) in [7, 11) is 1.62. The van der Waals surface area contributed by atoms with Crippen LogP contribution in [-0.4, -0.2) is 25.7 Å². The fraction of sp³-hybridized carbons (Fsp3) is 0.588. The van der Waals surface area contributed by atoms with Crippen LogP contribution in [0, 0.1) is 5.92 Å². The Balaban J connectivity index is 1.75. The molecule has 1 aromatic rings. The standard InChI is InChI=1S/C17H25NO3/c1-13(21-16-10-8-15(20-2)9-11-16)17(19)18-12-14-6-4-3-5-7-14/h8-11,13-14H,3-7,12H2,1-2H3,(H,18,19)/t13-/m1/s1. The van der Waals surface area contributed by atoms with Crippen LogP contribution in [-0.2, 0) is 4.79 Å². The van der Waals surface area contributed by atoms with Gasteiger partial charge in [-0.15, -0.1) is 0 Å². The first-order valence-electron chi connectivity index (χ1n) is 7.77. The highest BCUT2D eigenvalue weighted by molar-refractivity contribution is 5.80. The van der Waals surface area contributed by atoms with E-state index in [0.717, 1.165) is 12.3 Å².